The summed E-state index contributed by atoms with van der Waals surface area (Å²) >= 11 is 0. The smallest absolute Gasteiger partial charge is 0.0516 e. The Morgan fingerprint density at radius 1 is 1.33 bits per heavy atom. The Hall–Kier alpha value is -0.0800. The van der Waals surface area contributed by atoms with Crippen molar-refractivity contribution in [3.8, 4) is 0 Å². The molecule has 9 heavy (non-hydrogen) atoms. The molecular weight excluding hydrogens is 114 g/mol. The van der Waals surface area contributed by atoms with Crippen LogP contribution in [0.4, 0.5) is 0 Å². The summed E-state index contributed by atoms with van der Waals surface area (Å²) in [5.74, 6) is 0.858. The summed E-state index contributed by atoms with van der Waals surface area (Å²) in [6.45, 7) is 2.82. The summed E-state index contributed by atoms with van der Waals surface area (Å²) in [4.78, 5) is 0. The molecule has 0 amide bonds. The topological polar surface area (TPSA) is 35.2 Å². The molecule has 0 aliphatic carbocycles. The third-order valence-corrected chi connectivity index (χ3v) is 1.77. The third kappa shape index (κ3) is 2.33. The number of hydrogen-bond donors (Lipinski definition) is 1. The summed E-state index contributed by atoms with van der Waals surface area (Å²) in [7, 11) is 0. The first kappa shape index (κ1) is 7.03. The minimum atomic E-state index is 0.841. The fourth-order valence-corrected chi connectivity index (χ4v) is 1.03. The van der Waals surface area contributed by atoms with Gasteiger partial charge >= 0.3 is 0 Å². The zero-order chi connectivity index (χ0) is 6.53. The molecule has 1 heterocycles. The van der Waals surface area contributed by atoms with Crippen LogP contribution in [0.5, 0.6) is 0 Å². The van der Waals surface area contributed by atoms with Gasteiger partial charge in [-0.25, -0.2) is 0 Å². The average molecular weight is 129 g/mol. The predicted molar refractivity (Wildman–Crippen MR) is 37.2 cm³/mol. The van der Waals surface area contributed by atoms with Gasteiger partial charge in [0, 0.05) is 5.92 Å². The Morgan fingerprint density at radius 2 is 2.11 bits per heavy atom. The fourth-order valence-electron chi connectivity index (χ4n) is 1.03. The monoisotopic (exact) mass is 129 g/mol. The van der Waals surface area contributed by atoms with Gasteiger partial charge in [-0.05, 0) is 19.4 Å². The largest absolute Gasteiger partial charge is 0.381 e. The molecular formula is C7H15NO. The van der Waals surface area contributed by atoms with E-state index in [2.05, 4.69) is 0 Å². The van der Waals surface area contributed by atoms with Crippen LogP contribution in [0.2, 0.25) is 0 Å². The number of ether oxygens (including phenoxy) is 1. The van der Waals surface area contributed by atoms with Gasteiger partial charge in [0.1, 0.15) is 0 Å². The van der Waals surface area contributed by atoms with E-state index in [-0.39, 0.29) is 0 Å². The van der Waals surface area contributed by atoms with E-state index in [0.29, 0.717) is 0 Å². The Morgan fingerprint density at radius 3 is 2.56 bits per heavy atom. The molecule has 2 nitrogen and oxygen atoms in total. The zero-order valence-corrected chi connectivity index (χ0v) is 5.81. The molecule has 2 N–H and O–H groups in total. The van der Waals surface area contributed by atoms with Gasteiger partial charge in [0.15, 0.2) is 0 Å². The molecule has 0 spiro atoms. The van der Waals surface area contributed by atoms with Crippen LogP contribution >= 0.6 is 0 Å². The fraction of sp³-hybridized carbons (Fsp3) is 1.00. The number of hydrogen-bond acceptors (Lipinski definition) is 2. The Balaban J connectivity index is 1.80. The first-order valence-electron chi connectivity index (χ1n) is 3.71. The van der Waals surface area contributed by atoms with E-state index in [9.17, 15) is 0 Å². The maximum absolute atomic E-state index is 5.34. The highest BCUT2D eigenvalue weighted by Gasteiger charge is 2.16. The van der Waals surface area contributed by atoms with Crippen LogP contribution < -0.4 is 5.73 Å². The van der Waals surface area contributed by atoms with Crippen molar-refractivity contribution in [3.63, 3.8) is 0 Å². The van der Waals surface area contributed by atoms with E-state index >= 15 is 0 Å². The molecule has 0 aromatic heterocycles. The molecule has 0 aromatic carbocycles. The molecule has 0 atom stereocenters. The van der Waals surface area contributed by atoms with E-state index in [4.69, 9.17) is 10.5 Å². The van der Waals surface area contributed by atoms with Gasteiger partial charge in [0.25, 0.3) is 0 Å². The molecule has 1 rings (SSSR count). The zero-order valence-electron chi connectivity index (χ0n) is 5.81. The molecule has 1 fully saturated rings. The lowest BCUT2D eigenvalue weighted by Gasteiger charge is -2.25. The molecule has 2 heteroatoms. The lowest BCUT2D eigenvalue weighted by Crippen LogP contribution is -2.27. The van der Waals surface area contributed by atoms with Crippen molar-refractivity contribution >= 4 is 0 Å². The van der Waals surface area contributed by atoms with Crippen molar-refractivity contribution < 1.29 is 4.74 Å². The summed E-state index contributed by atoms with van der Waals surface area (Å²) < 4.78 is 5.03. The number of nitrogens with two attached hydrogens (primary N) is 1. The van der Waals surface area contributed by atoms with E-state index in [1.165, 1.54) is 19.3 Å². The van der Waals surface area contributed by atoms with Gasteiger partial charge in [0.2, 0.25) is 0 Å². The molecule has 1 saturated heterocycles. The summed E-state index contributed by atoms with van der Waals surface area (Å²) in [5, 5.41) is 0. The average Bonchev–Trinajstić information content (AvgIpc) is 1.76. The molecule has 54 valence electrons. The second-order valence-electron chi connectivity index (χ2n) is 2.69. The van der Waals surface area contributed by atoms with Crippen molar-refractivity contribution in [2.75, 3.05) is 19.8 Å². The summed E-state index contributed by atoms with van der Waals surface area (Å²) in [6.07, 6.45) is 3.78. The van der Waals surface area contributed by atoms with E-state index in [1.807, 2.05) is 0 Å². The van der Waals surface area contributed by atoms with Crippen LogP contribution in [0.3, 0.4) is 0 Å². The Labute approximate surface area is 56.4 Å². The molecule has 0 bridgehead atoms. The van der Waals surface area contributed by atoms with Gasteiger partial charge < -0.3 is 10.5 Å². The SMILES string of the molecule is NCCCCC1COC1. The minimum absolute atomic E-state index is 0.841. The second kappa shape index (κ2) is 3.85. The van der Waals surface area contributed by atoms with Crippen molar-refractivity contribution in [2.24, 2.45) is 11.7 Å². The van der Waals surface area contributed by atoms with Crippen molar-refractivity contribution in [2.45, 2.75) is 19.3 Å². The molecule has 0 aromatic rings. The van der Waals surface area contributed by atoms with Gasteiger partial charge in [-0.2, -0.15) is 0 Å². The van der Waals surface area contributed by atoms with Gasteiger partial charge in [0.05, 0.1) is 13.2 Å². The molecule has 0 radical (unpaired) electrons. The predicted octanol–water partition coefficient (Wildman–Crippen LogP) is 0.762. The molecule has 0 saturated carbocycles. The second-order valence-corrected chi connectivity index (χ2v) is 2.69. The number of unbranched alkanes of at least 4 members (excludes halogenated alkanes) is 1. The highest BCUT2D eigenvalue weighted by atomic mass is 16.5. The standard InChI is InChI=1S/C7H15NO/c8-4-2-1-3-7-5-9-6-7/h7H,1-6,8H2. The first-order chi connectivity index (χ1) is 4.43. The highest BCUT2D eigenvalue weighted by molar-refractivity contribution is 4.64. The maximum Gasteiger partial charge on any atom is 0.0516 e. The van der Waals surface area contributed by atoms with Crippen LogP contribution in [0, 0.1) is 5.92 Å². The van der Waals surface area contributed by atoms with Crippen LogP contribution in [0.15, 0.2) is 0 Å². The van der Waals surface area contributed by atoms with Crippen LogP contribution in [0.1, 0.15) is 19.3 Å². The van der Waals surface area contributed by atoms with E-state index < -0.39 is 0 Å². The van der Waals surface area contributed by atoms with Gasteiger partial charge in [-0.3, -0.25) is 0 Å². The van der Waals surface area contributed by atoms with Gasteiger partial charge in [-0.15, -0.1) is 0 Å². The van der Waals surface area contributed by atoms with E-state index in [1.54, 1.807) is 0 Å². The minimum Gasteiger partial charge on any atom is -0.381 e. The lowest BCUT2D eigenvalue weighted by atomic mass is 10.0. The van der Waals surface area contributed by atoms with Crippen molar-refractivity contribution in [3.05, 3.63) is 0 Å². The van der Waals surface area contributed by atoms with Crippen LogP contribution in [-0.2, 0) is 4.74 Å². The first-order valence-corrected chi connectivity index (χ1v) is 3.71. The normalized spacial score (nSPS) is 19.7. The Bertz CT molecular complexity index is 71.3. The molecule has 1 aliphatic heterocycles. The Kier molecular flexibility index (Phi) is 3.01. The highest BCUT2D eigenvalue weighted by Crippen LogP contribution is 2.16. The third-order valence-electron chi connectivity index (χ3n) is 1.77. The summed E-state index contributed by atoms with van der Waals surface area (Å²) in [6, 6.07) is 0. The molecule has 1 aliphatic rings. The quantitative estimate of drug-likeness (QED) is 0.569. The van der Waals surface area contributed by atoms with E-state index in [0.717, 1.165) is 25.7 Å². The van der Waals surface area contributed by atoms with Crippen LogP contribution in [-0.4, -0.2) is 19.8 Å². The van der Waals surface area contributed by atoms with Crippen molar-refractivity contribution in [1.82, 2.24) is 0 Å². The number of rotatable bonds is 4. The summed E-state index contributed by atoms with van der Waals surface area (Å²) in [5.41, 5.74) is 5.34. The van der Waals surface area contributed by atoms with Crippen LogP contribution in [0.25, 0.3) is 0 Å². The van der Waals surface area contributed by atoms with Crippen molar-refractivity contribution in [1.29, 1.82) is 0 Å². The lowest BCUT2D eigenvalue weighted by molar-refractivity contribution is -0.0363. The van der Waals surface area contributed by atoms with Gasteiger partial charge in [-0.1, -0.05) is 6.42 Å². The maximum atomic E-state index is 5.34. The molecule has 0 unspecified atom stereocenters.